The number of carbonyl (C=O) groups excluding carboxylic acids is 1. The number of benzene rings is 4. The lowest BCUT2D eigenvalue weighted by Gasteiger charge is -2.25. The van der Waals surface area contributed by atoms with Crippen molar-refractivity contribution in [1.82, 2.24) is 19.4 Å². The smallest absolute Gasteiger partial charge is 0.253 e. The molecule has 0 N–H and O–H groups in total. The quantitative estimate of drug-likeness (QED) is 0.190. The van der Waals surface area contributed by atoms with Crippen molar-refractivity contribution in [3.8, 4) is 39.5 Å². The maximum Gasteiger partial charge on any atom is 0.253 e. The molecule has 6 nitrogen and oxygen atoms in total. The van der Waals surface area contributed by atoms with Crippen molar-refractivity contribution in [1.29, 1.82) is 0 Å². The number of methoxy groups -OCH3 is 1. The minimum atomic E-state index is 0.0892. The average Bonchev–Trinajstić information content (AvgIpc) is 3.80. The van der Waals surface area contributed by atoms with Gasteiger partial charge in [-0.2, -0.15) is 0 Å². The summed E-state index contributed by atoms with van der Waals surface area (Å²) >= 11 is 0. The summed E-state index contributed by atoms with van der Waals surface area (Å²) in [4.78, 5) is 25.7. The van der Waals surface area contributed by atoms with Gasteiger partial charge in [-0.3, -0.25) is 4.79 Å². The molecule has 46 heavy (non-hydrogen) atoms. The summed E-state index contributed by atoms with van der Waals surface area (Å²) in [6.07, 6.45) is 8.37. The third-order valence-corrected chi connectivity index (χ3v) is 9.82. The summed E-state index contributed by atoms with van der Waals surface area (Å²) in [5, 5.41) is 1.07. The van der Waals surface area contributed by atoms with Crippen molar-refractivity contribution in [3.05, 3.63) is 103 Å². The Bertz CT molecular complexity index is 2050. The van der Waals surface area contributed by atoms with Crippen LogP contribution in [0.4, 0.5) is 0 Å². The molecule has 0 spiro atoms. The highest BCUT2D eigenvalue weighted by Gasteiger charge is 2.24. The summed E-state index contributed by atoms with van der Waals surface area (Å²) < 4.78 is 7.90. The fourth-order valence-electron chi connectivity index (χ4n) is 7.39. The Morgan fingerprint density at radius 2 is 1.50 bits per heavy atom. The van der Waals surface area contributed by atoms with Gasteiger partial charge in [-0.15, -0.1) is 0 Å². The van der Waals surface area contributed by atoms with Crippen LogP contribution in [-0.2, 0) is 0 Å². The van der Waals surface area contributed by atoms with E-state index >= 15 is 0 Å². The van der Waals surface area contributed by atoms with Gasteiger partial charge in [0.2, 0.25) is 0 Å². The van der Waals surface area contributed by atoms with Crippen LogP contribution in [0.1, 0.15) is 61.3 Å². The maximum atomic E-state index is 13.4. The van der Waals surface area contributed by atoms with Crippen LogP contribution >= 0.6 is 0 Å². The first-order valence-corrected chi connectivity index (χ1v) is 16.6. The largest absolute Gasteiger partial charge is 0.497 e. The van der Waals surface area contributed by atoms with Crippen LogP contribution < -0.4 is 4.74 Å². The van der Waals surface area contributed by atoms with Gasteiger partial charge in [-0.25, -0.2) is 9.97 Å². The minimum Gasteiger partial charge on any atom is -0.497 e. The first kappa shape index (κ1) is 28.5. The van der Waals surface area contributed by atoms with Crippen LogP contribution in [0.5, 0.6) is 5.75 Å². The predicted octanol–water partition coefficient (Wildman–Crippen LogP) is 9.34. The second-order valence-electron chi connectivity index (χ2n) is 12.7. The van der Waals surface area contributed by atoms with E-state index in [0.29, 0.717) is 11.6 Å². The molecule has 3 heterocycles. The second kappa shape index (κ2) is 12.1. The molecule has 6 heteroatoms. The van der Waals surface area contributed by atoms with Gasteiger partial charge in [0.15, 0.2) is 0 Å². The molecule has 1 amide bonds. The summed E-state index contributed by atoms with van der Waals surface area (Å²) in [6.45, 7) is 1.64. The van der Waals surface area contributed by atoms with Crippen LogP contribution in [0.2, 0.25) is 0 Å². The van der Waals surface area contributed by atoms with E-state index in [1.165, 1.54) is 37.6 Å². The van der Waals surface area contributed by atoms with E-state index in [-0.39, 0.29) is 5.91 Å². The molecular formula is C40H38N4O2. The molecule has 0 radical (unpaired) electrons. The molecule has 0 bridgehead atoms. The Labute approximate surface area is 269 Å². The van der Waals surface area contributed by atoms with Crippen LogP contribution in [0.15, 0.2) is 97.1 Å². The van der Waals surface area contributed by atoms with Gasteiger partial charge in [-0.1, -0.05) is 55.7 Å². The number of pyridine rings is 1. The number of aromatic nitrogens is 3. The molecular weight excluding hydrogens is 568 g/mol. The van der Waals surface area contributed by atoms with Crippen molar-refractivity contribution in [2.45, 2.75) is 51.0 Å². The standard InChI is InChI=1S/C40H38N4O2/c1-46-32-18-13-27(14-19-32)33-20-15-30(40(45)43-23-7-8-24-43)26-34(33)36-22-16-28-25-29(17-21-35(28)41-36)39-42-37-11-5-6-12-38(37)44(39)31-9-3-2-4-10-31/h5-6,11-22,25-26,31H,2-4,7-10,23-24H2,1H3. The van der Waals surface area contributed by atoms with Crippen molar-refractivity contribution >= 4 is 27.8 Å². The fourth-order valence-corrected chi connectivity index (χ4v) is 7.39. The number of rotatable bonds is 6. The number of para-hydroxylation sites is 2. The third kappa shape index (κ3) is 5.22. The predicted molar refractivity (Wildman–Crippen MR) is 185 cm³/mol. The molecule has 230 valence electrons. The second-order valence-corrected chi connectivity index (χ2v) is 12.7. The van der Waals surface area contributed by atoms with E-state index in [9.17, 15) is 4.79 Å². The van der Waals surface area contributed by atoms with E-state index < -0.39 is 0 Å². The van der Waals surface area contributed by atoms with Gasteiger partial charge in [0.1, 0.15) is 11.6 Å². The van der Waals surface area contributed by atoms with Crippen LogP contribution in [0.3, 0.4) is 0 Å². The summed E-state index contributed by atoms with van der Waals surface area (Å²) in [7, 11) is 1.68. The highest BCUT2D eigenvalue weighted by Crippen LogP contribution is 2.38. The molecule has 1 aliphatic carbocycles. The highest BCUT2D eigenvalue weighted by molar-refractivity contribution is 5.98. The normalized spacial score (nSPS) is 15.5. The van der Waals surface area contributed by atoms with Crippen LogP contribution in [0, 0.1) is 0 Å². The first-order valence-electron chi connectivity index (χ1n) is 16.6. The van der Waals surface area contributed by atoms with E-state index in [0.717, 1.165) is 81.9 Å². The first-order chi connectivity index (χ1) is 22.7. The molecule has 1 aliphatic heterocycles. The Morgan fingerprint density at radius 3 is 2.30 bits per heavy atom. The zero-order valence-corrected chi connectivity index (χ0v) is 26.3. The van der Waals surface area contributed by atoms with Crippen LogP contribution in [-0.4, -0.2) is 45.5 Å². The summed E-state index contributed by atoms with van der Waals surface area (Å²) in [6, 6.07) is 33.8. The third-order valence-electron chi connectivity index (χ3n) is 9.82. The number of fused-ring (bicyclic) bond motifs is 2. The number of carbonyl (C=O) groups is 1. The van der Waals surface area contributed by atoms with Gasteiger partial charge < -0.3 is 14.2 Å². The number of amides is 1. The lowest BCUT2D eigenvalue weighted by Crippen LogP contribution is -2.27. The van der Waals surface area contributed by atoms with Crippen molar-refractivity contribution < 1.29 is 9.53 Å². The number of imidazole rings is 1. The van der Waals surface area contributed by atoms with Gasteiger partial charge in [0, 0.05) is 41.2 Å². The van der Waals surface area contributed by atoms with E-state index in [1.807, 2.05) is 29.2 Å². The van der Waals surface area contributed by atoms with Crippen molar-refractivity contribution in [2.24, 2.45) is 0 Å². The van der Waals surface area contributed by atoms with Crippen molar-refractivity contribution in [2.75, 3.05) is 20.2 Å². The average molecular weight is 607 g/mol. The topological polar surface area (TPSA) is 60.2 Å². The highest BCUT2D eigenvalue weighted by atomic mass is 16.5. The van der Waals surface area contributed by atoms with Gasteiger partial charge >= 0.3 is 0 Å². The molecule has 1 saturated heterocycles. The molecule has 8 rings (SSSR count). The van der Waals surface area contributed by atoms with Crippen molar-refractivity contribution in [3.63, 3.8) is 0 Å². The van der Waals surface area contributed by atoms with E-state index in [4.69, 9.17) is 14.7 Å². The van der Waals surface area contributed by atoms with Crippen LogP contribution in [0.25, 0.3) is 55.7 Å². The Kier molecular flexibility index (Phi) is 7.49. The molecule has 1 saturated carbocycles. The number of nitrogens with zero attached hydrogens (tertiary/aromatic N) is 4. The number of ether oxygens (including phenoxy) is 1. The molecule has 2 aromatic heterocycles. The maximum absolute atomic E-state index is 13.4. The monoisotopic (exact) mass is 606 g/mol. The molecule has 0 atom stereocenters. The number of hydrogen-bond acceptors (Lipinski definition) is 4. The fraction of sp³-hybridized carbons (Fsp3) is 0.275. The SMILES string of the molecule is COc1ccc(-c2ccc(C(=O)N3CCCC3)cc2-c2ccc3cc(-c4nc5ccccc5n4C4CCCCC4)ccc3n2)cc1. The minimum absolute atomic E-state index is 0.0892. The number of likely N-dealkylation sites (tertiary alicyclic amines) is 1. The van der Waals surface area contributed by atoms with Gasteiger partial charge in [0.25, 0.3) is 5.91 Å². The van der Waals surface area contributed by atoms with Gasteiger partial charge in [-0.05, 0) is 97.5 Å². The lowest BCUT2D eigenvalue weighted by molar-refractivity contribution is 0.0793. The lowest BCUT2D eigenvalue weighted by atomic mass is 9.94. The zero-order chi connectivity index (χ0) is 31.0. The van der Waals surface area contributed by atoms with E-state index in [1.54, 1.807) is 7.11 Å². The molecule has 4 aromatic carbocycles. The molecule has 0 unspecified atom stereocenters. The Hall–Kier alpha value is -4.97. The zero-order valence-electron chi connectivity index (χ0n) is 26.3. The van der Waals surface area contributed by atoms with E-state index in [2.05, 4.69) is 77.4 Å². The molecule has 6 aromatic rings. The summed E-state index contributed by atoms with van der Waals surface area (Å²) in [5.74, 6) is 1.93. The Balaban J connectivity index is 1.21. The van der Waals surface area contributed by atoms with Gasteiger partial charge in [0.05, 0.1) is 29.4 Å². The Morgan fingerprint density at radius 1 is 0.717 bits per heavy atom. The summed E-state index contributed by atoms with van der Waals surface area (Å²) in [5.41, 5.74) is 8.86. The number of hydrogen-bond donors (Lipinski definition) is 0. The molecule has 2 aliphatic rings. The molecule has 2 fully saturated rings.